The van der Waals surface area contributed by atoms with E-state index in [0.29, 0.717) is 6.61 Å². The molecular weight excluding hydrogens is 472 g/mol. The topological polar surface area (TPSA) is 123 Å². The quantitative estimate of drug-likeness (QED) is 0.354. The maximum absolute atomic E-state index is 11.9. The predicted octanol–water partition coefficient (Wildman–Crippen LogP) is 3.33. The zero-order valence-electron chi connectivity index (χ0n) is 20.5. The molecule has 1 fully saturated rings. The van der Waals surface area contributed by atoms with Gasteiger partial charge in [-0.2, -0.15) is 0 Å². The van der Waals surface area contributed by atoms with Crippen LogP contribution < -0.4 is 16.5 Å². The average molecular weight is 507 g/mol. The van der Waals surface area contributed by atoms with Crippen molar-refractivity contribution in [3.63, 3.8) is 0 Å². The SMILES string of the molecule is CC(C)[C@@H]1NC(=O)N(OCc2ccccc2)C1=O.CC(C)[C@H](N)C(=O)NOCc1ccccc1.Cl. The van der Waals surface area contributed by atoms with Crippen molar-refractivity contribution in [3.8, 4) is 0 Å². The second-order valence-corrected chi connectivity index (χ2v) is 8.57. The van der Waals surface area contributed by atoms with E-state index in [0.717, 1.165) is 16.2 Å². The molecule has 0 aromatic heterocycles. The highest BCUT2D eigenvalue weighted by Crippen LogP contribution is 2.15. The lowest BCUT2D eigenvalue weighted by atomic mass is 10.1. The van der Waals surface area contributed by atoms with Crippen LogP contribution in [0.4, 0.5) is 4.79 Å². The predicted molar refractivity (Wildman–Crippen MR) is 135 cm³/mol. The number of amides is 4. The largest absolute Gasteiger partial charge is 0.349 e. The molecule has 3 rings (SSSR count). The fourth-order valence-electron chi connectivity index (χ4n) is 2.90. The van der Waals surface area contributed by atoms with Gasteiger partial charge in [0.15, 0.2) is 0 Å². The summed E-state index contributed by atoms with van der Waals surface area (Å²) in [5.74, 6) is -0.469. The zero-order valence-corrected chi connectivity index (χ0v) is 21.3. The third kappa shape index (κ3) is 9.65. The van der Waals surface area contributed by atoms with Crippen molar-refractivity contribution in [2.75, 3.05) is 0 Å². The van der Waals surface area contributed by atoms with Crippen molar-refractivity contribution in [1.82, 2.24) is 15.9 Å². The van der Waals surface area contributed by atoms with Gasteiger partial charge in [0, 0.05) is 0 Å². The molecule has 9 nitrogen and oxygen atoms in total. The van der Waals surface area contributed by atoms with E-state index in [9.17, 15) is 14.4 Å². The summed E-state index contributed by atoms with van der Waals surface area (Å²) in [6.45, 7) is 8.08. The summed E-state index contributed by atoms with van der Waals surface area (Å²) in [5, 5.41) is 3.42. The Balaban J connectivity index is 0.000000343. The lowest BCUT2D eigenvalue weighted by Crippen LogP contribution is -2.43. The van der Waals surface area contributed by atoms with Crippen LogP contribution in [0.25, 0.3) is 0 Å². The van der Waals surface area contributed by atoms with Gasteiger partial charge in [-0.15, -0.1) is 17.5 Å². The van der Waals surface area contributed by atoms with Crippen molar-refractivity contribution < 1.29 is 24.1 Å². The zero-order chi connectivity index (χ0) is 25.1. The molecule has 4 N–H and O–H groups in total. The smallest absolute Gasteiger partial charge is 0.324 e. The molecule has 2 aromatic rings. The number of hydrogen-bond acceptors (Lipinski definition) is 6. The molecule has 35 heavy (non-hydrogen) atoms. The van der Waals surface area contributed by atoms with E-state index in [1.165, 1.54) is 0 Å². The van der Waals surface area contributed by atoms with Crippen LogP contribution in [0.5, 0.6) is 0 Å². The Hall–Kier alpha value is -2.98. The van der Waals surface area contributed by atoms with E-state index < -0.39 is 18.1 Å². The van der Waals surface area contributed by atoms with Crippen LogP contribution in [0.15, 0.2) is 60.7 Å². The van der Waals surface area contributed by atoms with Crippen LogP contribution in [-0.2, 0) is 32.5 Å². The van der Waals surface area contributed by atoms with Gasteiger partial charge in [0.2, 0.25) is 0 Å². The van der Waals surface area contributed by atoms with Crippen molar-refractivity contribution in [2.45, 2.75) is 53.0 Å². The van der Waals surface area contributed by atoms with E-state index >= 15 is 0 Å². The third-order valence-corrected chi connectivity index (χ3v) is 5.07. The number of nitrogens with one attached hydrogen (secondary N) is 2. The van der Waals surface area contributed by atoms with Crippen LogP contribution >= 0.6 is 12.4 Å². The molecule has 0 unspecified atom stereocenters. The summed E-state index contributed by atoms with van der Waals surface area (Å²) in [5.41, 5.74) is 9.90. The molecule has 0 bridgehead atoms. The van der Waals surface area contributed by atoms with Crippen molar-refractivity contribution in [2.24, 2.45) is 17.6 Å². The van der Waals surface area contributed by atoms with Gasteiger partial charge in [0.25, 0.3) is 11.8 Å². The lowest BCUT2D eigenvalue weighted by molar-refractivity contribution is -0.167. The molecule has 0 radical (unpaired) electrons. The van der Waals surface area contributed by atoms with Crippen LogP contribution in [0, 0.1) is 11.8 Å². The van der Waals surface area contributed by atoms with Gasteiger partial charge in [-0.1, -0.05) is 88.4 Å². The fourth-order valence-corrected chi connectivity index (χ4v) is 2.90. The standard InChI is InChI=1S/C13H16N2O3.C12H18N2O2.ClH/c1-9(2)11-12(16)15(13(17)14-11)18-8-10-6-4-3-5-7-10;1-9(2)11(13)12(15)14-16-8-10-6-4-3-5-7-10;/h3-7,9,11H,8H2,1-2H3,(H,14,17);3-7,9,11H,8,13H2,1-2H3,(H,14,15);1H/t2*11-;/m00./s1. The number of imide groups is 1. The molecule has 1 aliphatic rings. The first-order valence-corrected chi connectivity index (χ1v) is 11.2. The lowest BCUT2D eigenvalue weighted by Gasteiger charge is -2.14. The third-order valence-electron chi connectivity index (χ3n) is 5.07. The number of rotatable bonds is 9. The monoisotopic (exact) mass is 506 g/mol. The number of hydroxylamine groups is 3. The maximum atomic E-state index is 11.9. The minimum atomic E-state index is -0.532. The Morgan fingerprint density at radius 2 is 1.49 bits per heavy atom. The Labute approximate surface area is 212 Å². The highest BCUT2D eigenvalue weighted by molar-refractivity contribution is 6.03. The number of nitrogens with two attached hydrogens (primary N) is 1. The summed E-state index contributed by atoms with van der Waals surface area (Å²) in [4.78, 5) is 45.2. The van der Waals surface area contributed by atoms with E-state index in [1.54, 1.807) is 0 Å². The van der Waals surface area contributed by atoms with Crippen LogP contribution in [-0.4, -0.2) is 35.0 Å². The molecular formula is C25H35ClN4O5. The molecule has 1 heterocycles. The van der Waals surface area contributed by atoms with E-state index in [2.05, 4.69) is 10.8 Å². The van der Waals surface area contributed by atoms with Gasteiger partial charge in [0.1, 0.15) is 12.6 Å². The first-order chi connectivity index (χ1) is 16.2. The first-order valence-electron chi connectivity index (χ1n) is 11.2. The second kappa shape index (κ2) is 15.1. The maximum Gasteiger partial charge on any atom is 0.349 e. The second-order valence-electron chi connectivity index (χ2n) is 8.57. The highest BCUT2D eigenvalue weighted by atomic mass is 35.5. The van der Waals surface area contributed by atoms with Gasteiger partial charge in [-0.25, -0.2) is 10.3 Å². The summed E-state index contributed by atoms with van der Waals surface area (Å²) in [6, 6.07) is 17.5. The Bertz CT molecular complexity index is 928. The number of halogens is 1. The molecule has 1 aliphatic heterocycles. The average Bonchev–Trinajstić information content (AvgIpc) is 3.12. The number of hydrogen-bond donors (Lipinski definition) is 3. The Morgan fingerprint density at radius 3 is 1.94 bits per heavy atom. The molecule has 4 amide bonds. The van der Waals surface area contributed by atoms with Gasteiger partial charge in [-0.3, -0.25) is 19.3 Å². The highest BCUT2D eigenvalue weighted by Gasteiger charge is 2.40. The molecule has 10 heteroatoms. The Morgan fingerprint density at radius 1 is 0.971 bits per heavy atom. The normalized spacial score (nSPS) is 15.7. The summed E-state index contributed by atoms with van der Waals surface area (Å²) >= 11 is 0. The van der Waals surface area contributed by atoms with E-state index in [1.807, 2.05) is 88.4 Å². The van der Waals surface area contributed by atoms with Crippen LogP contribution in [0.1, 0.15) is 38.8 Å². The van der Waals surface area contributed by atoms with Crippen molar-refractivity contribution in [1.29, 1.82) is 0 Å². The molecule has 2 aromatic carbocycles. The van der Waals surface area contributed by atoms with Crippen LogP contribution in [0.2, 0.25) is 0 Å². The van der Waals surface area contributed by atoms with Crippen molar-refractivity contribution >= 4 is 30.3 Å². The minimum Gasteiger partial charge on any atom is -0.324 e. The molecule has 192 valence electrons. The van der Waals surface area contributed by atoms with Gasteiger partial charge >= 0.3 is 6.03 Å². The van der Waals surface area contributed by atoms with Crippen molar-refractivity contribution in [3.05, 3.63) is 71.8 Å². The summed E-state index contributed by atoms with van der Waals surface area (Å²) < 4.78 is 0. The first kappa shape index (κ1) is 30.1. The molecule has 1 saturated heterocycles. The molecule has 0 spiro atoms. The number of benzene rings is 2. The van der Waals surface area contributed by atoms with Gasteiger partial charge < -0.3 is 11.1 Å². The minimum absolute atomic E-state index is 0. The number of carbonyl (C=O) groups is 3. The number of urea groups is 1. The van der Waals surface area contributed by atoms with Gasteiger partial charge in [-0.05, 0) is 23.0 Å². The van der Waals surface area contributed by atoms with E-state index in [-0.39, 0.29) is 42.7 Å². The Kier molecular flexibility index (Phi) is 13.0. The molecule has 0 aliphatic carbocycles. The molecule has 0 saturated carbocycles. The summed E-state index contributed by atoms with van der Waals surface area (Å²) in [7, 11) is 0. The van der Waals surface area contributed by atoms with Crippen LogP contribution in [0.3, 0.4) is 0 Å². The number of carbonyl (C=O) groups excluding carboxylic acids is 3. The fraction of sp³-hybridized carbons (Fsp3) is 0.400. The van der Waals surface area contributed by atoms with Gasteiger partial charge in [0.05, 0.1) is 12.6 Å². The number of nitrogens with zero attached hydrogens (tertiary/aromatic N) is 1. The summed E-state index contributed by atoms with van der Waals surface area (Å²) in [6.07, 6.45) is 0. The molecule has 2 atom stereocenters. The van der Waals surface area contributed by atoms with E-state index in [4.69, 9.17) is 15.4 Å².